The van der Waals surface area contributed by atoms with Crippen LogP contribution in [0.25, 0.3) is 0 Å². The van der Waals surface area contributed by atoms with Gasteiger partial charge in [0.1, 0.15) is 5.75 Å². The molecule has 0 saturated carbocycles. The van der Waals surface area contributed by atoms with E-state index >= 15 is 0 Å². The van der Waals surface area contributed by atoms with Crippen LogP contribution in [-0.2, 0) is 0 Å². The Morgan fingerprint density at radius 1 is 1.50 bits per heavy atom. The number of anilines is 2. The third kappa shape index (κ3) is 3.31. The van der Waals surface area contributed by atoms with E-state index in [2.05, 4.69) is 12.2 Å². The van der Waals surface area contributed by atoms with Crippen molar-refractivity contribution in [2.24, 2.45) is 0 Å². The Hall–Kier alpha value is -1.42. The minimum absolute atomic E-state index is 0.176. The molecule has 0 aromatic heterocycles. The Labute approximate surface area is 96.4 Å². The Morgan fingerprint density at radius 3 is 2.81 bits per heavy atom. The van der Waals surface area contributed by atoms with Gasteiger partial charge in [0.2, 0.25) is 0 Å². The lowest BCUT2D eigenvalue weighted by atomic mass is 10.1. The molecule has 0 aliphatic heterocycles. The van der Waals surface area contributed by atoms with Gasteiger partial charge in [0.05, 0.1) is 18.5 Å². The van der Waals surface area contributed by atoms with Crippen LogP contribution in [0.5, 0.6) is 5.75 Å². The zero-order valence-electron chi connectivity index (χ0n) is 9.86. The molecule has 0 aliphatic rings. The molecule has 1 aromatic rings. The summed E-state index contributed by atoms with van der Waals surface area (Å²) < 4.78 is 5.14. The Bertz CT molecular complexity index is 329. The van der Waals surface area contributed by atoms with Crippen molar-refractivity contribution in [1.29, 1.82) is 0 Å². The summed E-state index contributed by atoms with van der Waals surface area (Å²) in [7, 11) is 1.63. The van der Waals surface area contributed by atoms with Gasteiger partial charge in [-0.3, -0.25) is 0 Å². The largest absolute Gasteiger partial charge is 0.497 e. The van der Waals surface area contributed by atoms with Crippen molar-refractivity contribution < 1.29 is 9.84 Å². The van der Waals surface area contributed by atoms with Crippen molar-refractivity contribution in [3.63, 3.8) is 0 Å². The molecule has 1 aromatic carbocycles. The predicted octanol–water partition coefficient (Wildman–Crippen LogP) is 1.85. The number of hydrogen-bond acceptors (Lipinski definition) is 4. The van der Waals surface area contributed by atoms with E-state index in [0.29, 0.717) is 12.1 Å². The molecule has 0 fully saturated rings. The summed E-state index contributed by atoms with van der Waals surface area (Å²) in [6.45, 7) is 2.25. The molecule has 0 spiro atoms. The highest BCUT2D eigenvalue weighted by molar-refractivity contribution is 5.68. The van der Waals surface area contributed by atoms with Crippen molar-refractivity contribution in [2.45, 2.75) is 25.8 Å². The summed E-state index contributed by atoms with van der Waals surface area (Å²) in [5, 5.41) is 12.2. The maximum atomic E-state index is 8.92. The molecular formula is C12H20N2O2. The summed E-state index contributed by atoms with van der Waals surface area (Å²) in [5.74, 6) is 0.774. The van der Waals surface area contributed by atoms with Gasteiger partial charge in [0, 0.05) is 18.7 Å². The summed E-state index contributed by atoms with van der Waals surface area (Å²) in [6.07, 6.45) is 1.66. The molecule has 0 aliphatic carbocycles. The van der Waals surface area contributed by atoms with Gasteiger partial charge in [-0.2, -0.15) is 0 Å². The zero-order valence-corrected chi connectivity index (χ0v) is 9.86. The number of rotatable bonds is 6. The summed E-state index contributed by atoms with van der Waals surface area (Å²) >= 11 is 0. The monoisotopic (exact) mass is 224 g/mol. The van der Waals surface area contributed by atoms with Crippen LogP contribution in [0, 0.1) is 0 Å². The zero-order chi connectivity index (χ0) is 12.0. The standard InChI is InChI=1S/C12H20N2O2/c1-3-9(6-7-15)14-12-8-10(16-2)4-5-11(12)13/h4-5,8-9,14-15H,3,6-7,13H2,1-2H3. The van der Waals surface area contributed by atoms with E-state index in [1.165, 1.54) is 0 Å². The van der Waals surface area contributed by atoms with Gasteiger partial charge in [-0.1, -0.05) is 6.92 Å². The highest BCUT2D eigenvalue weighted by Crippen LogP contribution is 2.25. The molecule has 0 bridgehead atoms. The number of nitrogens with two attached hydrogens (primary N) is 1. The fourth-order valence-corrected chi connectivity index (χ4v) is 1.54. The molecule has 0 heterocycles. The van der Waals surface area contributed by atoms with Gasteiger partial charge in [0.25, 0.3) is 0 Å². The van der Waals surface area contributed by atoms with Crippen molar-refractivity contribution in [2.75, 3.05) is 24.8 Å². The van der Waals surface area contributed by atoms with Crippen molar-refractivity contribution >= 4 is 11.4 Å². The van der Waals surface area contributed by atoms with Crippen LogP contribution in [-0.4, -0.2) is 24.9 Å². The second kappa shape index (κ2) is 6.23. The average Bonchev–Trinajstić information content (AvgIpc) is 2.31. The smallest absolute Gasteiger partial charge is 0.121 e. The van der Waals surface area contributed by atoms with E-state index in [0.717, 1.165) is 17.9 Å². The lowest BCUT2D eigenvalue weighted by Gasteiger charge is -2.19. The molecule has 0 saturated heterocycles. The normalized spacial score (nSPS) is 12.2. The van der Waals surface area contributed by atoms with E-state index in [9.17, 15) is 0 Å². The van der Waals surface area contributed by atoms with E-state index in [-0.39, 0.29) is 12.6 Å². The SMILES string of the molecule is CCC(CCO)Nc1cc(OC)ccc1N. The van der Waals surface area contributed by atoms with Crippen LogP contribution in [0.3, 0.4) is 0 Å². The van der Waals surface area contributed by atoms with E-state index in [1.807, 2.05) is 18.2 Å². The number of nitrogen functional groups attached to an aromatic ring is 1. The molecule has 4 N–H and O–H groups in total. The van der Waals surface area contributed by atoms with Gasteiger partial charge in [-0.05, 0) is 25.0 Å². The lowest BCUT2D eigenvalue weighted by Crippen LogP contribution is -2.20. The van der Waals surface area contributed by atoms with E-state index in [1.54, 1.807) is 7.11 Å². The van der Waals surface area contributed by atoms with Gasteiger partial charge in [-0.15, -0.1) is 0 Å². The first-order chi connectivity index (χ1) is 7.71. The van der Waals surface area contributed by atoms with Crippen LogP contribution in [0.2, 0.25) is 0 Å². The van der Waals surface area contributed by atoms with Crippen LogP contribution in [0.4, 0.5) is 11.4 Å². The summed E-state index contributed by atoms with van der Waals surface area (Å²) in [5.41, 5.74) is 7.42. The second-order valence-corrected chi connectivity index (χ2v) is 3.71. The Morgan fingerprint density at radius 2 is 2.25 bits per heavy atom. The van der Waals surface area contributed by atoms with Gasteiger partial charge < -0.3 is 20.9 Å². The minimum Gasteiger partial charge on any atom is -0.497 e. The number of benzene rings is 1. The molecule has 4 nitrogen and oxygen atoms in total. The molecule has 16 heavy (non-hydrogen) atoms. The van der Waals surface area contributed by atoms with Crippen LogP contribution >= 0.6 is 0 Å². The molecular weight excluding hydrogens is 204 g/mol. The fraction of sp³-hybridized carbons (Fsp3) is 0.500. The second-order valence-electron chi connectivity index (χ2n) is 3.71. The summed E-state index contributed by atoms with van der Waals surface area (Å²) in [4.78, 5) is 0. The van der Waals surface area contributed by atoms with Crippen molar-refractivity contribution in [1.82, 2.24) is 0 Å². The molecule has 0 amide bonds. The van der Waals surface area contributed by atoms with Gasteiger partial charge in [0.15, 0.2) is 0 Å². The van der Waals surface area contributed by atoms with Crippen LogP contribution in [0.15, 0.2) is 18.2 Å². The Balaban J connectivity index is 2.77. The third-order valence-electron chi connectivity index (χ3n) is 2.59. The Kier molecular flexibility index (Phi) is 4.92. The number of methoxy groups -OCH3 is 1. The molecule has 1 atom stereocenters. The van der Waals surface area contributed by atoms with E-state index < -0.39 is 0 Å². The molecule has 1 unspecified atom stereocenters. The first-order valence-electron chi connectivity index (χ1n) is 5.52. The topological polar surface area (TPSA) is 67.5 Å². The van der Waals surface area contributed by atoms with Crippen molar-refractivity contribution in [3.05, 3.63) is 18.2 Å². The molecule has 0 radical (unpaired) electrons. The summed E-state index contributed by atoms with van der Waals surface area (Å²) in [6, 6.07) is 5.75. The van der Waals surface area contributed by atoms with Crippen molar-refractivity contribution in [3.8, 4) is 5.75 Å². The van der Waals surface area contributed by atoms with Crippen LogP contribution in [0.1, 0.15) is 19.8 Å². The highest BCUT2D eigenvalue weighted by Gasteiger charge is 2.08. The first kappa shape index (κ1) is 12.6. The van der Waals surface area contributed by atoms with Gasteiger partial charge >= 0.3 is 0 Å². The fourth-order valence-electron chi connectivity index (χ4n) is 1.54. The minimum atomic E-state index is 0.176. The maximum Gasteiger partial charge on any atom is 0.121 e. The number of ether oxygens (including phenoxy) is 1. The maximum absolute atomic E-state index is 8.92. The van der Waals surface area contributed by atoms with E-state index in [4.69, 9.17) is 15.6 Å². The highest BCUT2D eigenvalue weighted by atomic mass is 16.5. The molecule has 1 rings (SSSR count). The molecule has 4 heteroatoms. The number of aliphatic hydroxyl groups is 1. The average molecular weight is 224 g/mol. The first-order valence-corrected chi connectivity index (χ1v) is 5.52. The quantitative estimate of drug-likeness (QED) is 0.645. The number of aliphatic hydroxyl groups excluding tert-OH is 1. The van der Waals surface area contributed by atoms with Crippen LogP contribution < -0.4 is 15.8 Å². The van der Waals surface area contributed by atoms with Gasteiger partial charge in [-0.25, -0.2) is 0 Å². The number of hydrogen-bond donors (Lipinski definition) is 3. The number of nitrogens with one attached hydrogen (secondary N) is 1. The predicted molar refractivity (Wildman–Crippen MR) is 66.8 cm³/mol. The molecule has 90 valence electrons. The third-order valence-corrected chi connectivity index (χ3v) is 2.59. The lowest BCUT2D eigenvalue weighted by molar-refractivity contribution is 0.278.